The highest BCUT2D eigenvalue weighted by molar-refractivity contribution is 6.09. The number of unbranched alkanes of at least 4 members (excludes halogenated alkanes) is 1. The van der Waals surface area contributed by atoms with Gasteiger partial charge in [-0.05, 0) is 49.6 Å². The summed E-state index contributed by atoms with van der Waals surface area (Å²) in [6.07, 6.45) is 6.43. The second-order valence-electron chi connectivity index (χ2n) is 8.23. The van der Waals surface area contributed by atoms with Gasteiger partial charge in [-0.3, -0.25) is 19.2 Å². The highest BCUT2D eigenvalue weighted by atomic mass is 16.6. The molecule has 1 aliphatic carbocycles. The molecule has 0 amide bonds. The molecule has 0 spiro atoms. The maximum Gasteiger partial charge on any atom is 0.303 e. The van der Waals surface area contributed by atoms with Crippen molar-refractivity contribution in [2.24, 2.45) is 0 Å². The van der Waals surface area contributed by atoms with E-state index in [2.05, 4.69) is 0 Å². The molecule has 0 radical (unpaired) electrons. The lowest BCUT2D eigenvalue weighted by Crippen LogP contribution is -2.37. The third-order valence-corrected chi connectivity index (χ3v) is 5.21. The fourth-order valence-corrected chi connectivity index (χ4v) is 3.55. The first-order chi connectivity index (χ1) is 17.1. The number of carbonyl (C=O) groups excluding carboxylic acids is 4. The molecule has 9 nitrogen and oxygen atoms in total. The second kappa shape index (κ2) is 14.0. The quantitative estimate of drug-likeness (QED) is 0.188. The van der Waals surface area contributed by atoms with Crippen molar-refractivity contribution in [3.63, 3.8) is 0 Å². The lowest BCUT2D eigenvalue weighted by molar-refractivity contribution is -0.169. The third kappa shape index (κ3) is 9.50. The molecular weight excluding hydrogens is 468 g/mol. The lowest BCUT2D eigenvalue weighted by Gasteiger charge is -2.24. The van der Waals surface area contributed by atoms with Crippen LogP contribution in [0.25, 0.3) is 0 Å². The van der Waals surface area contributed by atoms with Gasteiger partial charge in [0.05, 0.1) is 6.61 Å². The topological polar surface area (TPSA) is 125 Å². The Hall–Kier alpha value is -3.72. The predicted octanol–water partition coefficient (Wildman–Crippen LogP) is 3.01. The largest absolute Gasteiger partial charge is 0.494 e. The van der Waals surface area contributed by atoms with Crippen LogP contribution in [-0.2, 0) is 33.4 Å². The monoisotopic (exact) mass is 500 g/mol. The van der Waals surface area contributed by atoms with E-state index in [0.717, 1.165) is 5.75 Å². The van der Waals surface area contributed by atoms with Gasteiger partial charge in [-0.25, -0.2) is 0 Å². The zero-order chi connectivity index (χ0) is 26.6. The fourth-order valence-electron chi connectivity index (χ4n) is 3.55. The predicted molar refractivity (Wildman–Crippen MR) is 130 cm³/mol. The molecule has 0 heterocycles. The highest BCUT2D eigenvalue weighted by Crippen LogP contribution is 2.31. The van der Waals surface area contributed by atoms with E-state index in [4.69, 9.17) is 18.9 Å². The molecule has 0 aliphatic heterocycles. The molecule has 0 fully saturated rings. The van der Waals surface area contributed by atoms with E-state index >= 15 is 0 Å². The molecule has 0 saturated carbocycles. The van der Waals surface area contributed by atoms with Gasteiger partial charge in [0, 0.05) is 26.3 Å². The number of rotatable bonds is 13. The number of hydrogen-bond donors (Lipinski definition) is 1. The Morgan fingerprint density at radius 3 is 2.33 bits per heavy atom. The number of carbonyl (C=O) groups is 4. The number of benzene rings is 1. The van der Waals surface area contributed by atoms with Gasteiger partial charge in [0.1, 0.15) is 18.0 Å². The third-order valence-electron chi connectivity index (χ3n) is 5.21. The SMILES string of the molecule is CC(=O)OC[C@@H](OC(C)=O)C(C=CC=C1C(=O)C=C[C@@]1(O)CCCCOc1ccccc1)OC(C)=O. The van der Waals surface area contributed by atoms with Gasteiger partial charge < -0.3 is 24.1 Å². The van der Waals surface area contributed by atoms with Crippen molar-refractivity contribution in [1.82, 2.24) is 0 Å². The van der Waals surface area contributed by atoms with E-state index in [1.807, 2.05) is 30.3 Å². The van der Waals surface area contributed by atoms with Gasteiger partial charge in [0.15, 0.2) is 18.0 Å². The Morgan fingerprint density at radius 2 is 1.69 bits per heavy atom. The first-order valence-electron chi connectivity index (χ1n) is 11.6. The maximum atomic E-state index is 12.4. The Kier molecular flexibility index (Phi) is 11.1. The van der Waals surface area contributed by atoms with Crippen molar-refractivity contribution in [1.29, 1.82) is 0 Å². The van der Waals surface area contributed by atoms with Crippen LogP contribution < -0.4 is 4.74 Å². The van der Waals surface area contributed by atoms with Crippen molar-refractivity contribution in [3.05, 3.63) is 66.3 Å². The Balaban J connectivity index is 2.05. The Bertz CT molecular complexity index is 1010. The van der Waals surface area contributed by atoms with Crippen LogP contribution in [0, 0.1) is 0 Å². The molecule has 3 atom stereocenters. The molecule has 0 aromatic heterocycles. The van der Waals surface area contributed by atoms with E-state index in [9.17, 15) is 24.3 Å². The van der Waals surface area contributed by atoms with Crippen molar-refractivity contribution in [3.8, 4) is 5.75 Å². The van der Waals surface area contributed by atoms with Gasteiger partial charge in [-0.1, -0.05) is 30.4 Å². The minimum absolute atomic E-state index is 0.160. The van der Waals surface area contributed by atoms with Crippen molar-refractivity contribution >= 4 is 23.7 Å². The summed E-state index contributed by atoms with van der Waals surface area (Å²) in [7, 11) is 0. The van der Waals surface area contributed by atoms with E-state index in [-0.39, 0.29) is 18.0 Å². The van der Waals surface area contributed by atoms with Crippen LogP contribution >= 0.6 is 0 Å². The zero-order valence-corrected chi connectivity index (χ0v) is 20.7. The van der Waals surface area contributed by atoms with E-state index in [1.54, 1.807) is 0 Å². The Labute approximate surface area is 210 Å². The molecule has 1 unspecified atom stereocenters. The van der Waals surface area contributed by atoms with Gasteiger partial charge in [-0.15, -0.1) is 0 Å². The van der Waals surface area contributed by atoms with Crippen LogP contribution in [0.5, 0.6) is 5.75 Å². The number of ketones is 1. The van der Waals surface area contributed by atoms with Gasteiger partial charge in [0.2, 0.25) is 0 Å². The maximum absolute atomic E-state index is 12.4. The number of hydrogen-bond acceptors (Lipinski definition) is 9. The summed E-state index contributed by atoms with van der Waals surface area (Å²) in [5.74, 6) is -1.48. The van der Waals surface area contributed by atoms with Crippen LogP contribution in [0.15, 0.2) is 66.3 Å². The first-order valence-corrected chi connectivity index (χ1v) is 11.6. The second-order valence-corrected chi connectivity index (χ2v) is 8.23. The average Bonchev–Trinajstić information content (AvgIpc) is 3.09. The molecular formula is C27H32O9. The normalized spacial score (nSPS) is 19.8. The summed E-state index contributed by atoms with van der Waals surface area (Å²) in [4.78, 5) is 46.7. The molecule has 0 bridgehead atoms. The van der Waals surface area contributed by atoms with Crippen LogP contribution in [-0.4, -0.2) is 59.8 Å². The summed E-state index contributed by atoms with van der Waals surface area (Å²) in [6, 6.07) is 9.39. The molecule has 194 valence electrons. The first kappa shape index (κ1) is 28.5. The Morgan fingerprint density at radius 1 is 1.00 bits per heavy atom. The fraction of sp³-hybridized carbons (Fsp3) is 0.407. The molecule has 36 heavy (non-hydrogen) atoms. The molecule has 1 N–H and O–H groups in total. The smallest absolute Gasteiger partial charge is 0.303 e. The molecule has 0 saturated heterocycles. The number of aliphatic hydroxyl groups is 1. The van der Waals surface area contributed by atoms with Crippen LogP contribution in [0.3, 0.4) is 0 Å². The molecule has 1 aliphatic rings. The van der Waals surface area contributed by atoms with E-state index < -0.39 is 35.7 Å². The van der Waals surface area contributed by atoms with Crippen molar-refractivity contribution < 1.29 is 43.2 Å². The minimum Gasteiger partial charge on any atom is -0.494 e. The summed E-state index contributed by atoms with van der Waals surface area (Å²) in [5.41, 5.74) is -1.29. The zero-order valence-electron chi connectivity index (χ0n) is 20.7. The van der Waals surface area contributed by atoms with E-state index in [1.165, 1.54) is 51.2 Å². The number of ether oxygens (including phenoxy) is 4. The van der Waals surface area contributed by atoms with Gasteiger partial charge >= 0.3 is 17.9 Å². The molecule has 2 rings (SSSR count). The number of esters is 3. The van der Waals surface area contributed by atoms with Gasteiger partial charge in [0.25, 0.3) is 0 Å². The van der Waals surface area contributed by atoms with Crippen molar-refractivity contribution in [2.45, 2.75) is 57.8 Å². The van der Waals surface area contributed by atoms with Crippen molar-refractivity contribution in [2.75, 3.05) is 13.2 Å². The number of allylic oxidation sites excluding steroid dienone is 3. The molecule has 1 aromatic carbocycles. The summed E-state index contributed by atoms with van der Waals surface area (Å²) in [5, 5.41) is 11.1. The summed E-state index contributed by atoms with van der Waals surface area (Å²) in [6.45, 7) is 3.69. The highest BCUT2D eigenvalue weighted by Gasteiger charge is 2.36. The standard InChI is InChI=1S/C27H32O9/c1-19(28)34-18-26(36-21(3)30)25(35-20(2)29)13-9-12-23-24(31)14-16-27(23,32)15-7-8-17-33-22-10-5-4-6-11-22/h4-6,9-14,16,25-26,32H,7-8,15,17-18H2,1-3H3/t25?,26-,27+/m1/s1. The lowest BCUT2D eigenvalue weighted by atomic mass is 9.90. The molecule has 1 aromatic rings. The summed E-state index contributed by atoms with van der Waals surface area (Å²) >= 11 is 0. The van der Waals surface area contributed by atoms with Crippen LogP contribution in [0.4, 0.5) is 0 Å². The van der Waals surface area contributed by atoms with Crippen LogP contribution in [0.2, 0.25) is 0 Å². The molecule has 9 heteroatoms. The van der Waals surface area contributed by atoms with E-state index in [0.29, 0.717) is 25.9 Å². The average molecular weight is 501 g/mol. The minimum atomic E-state index is -1.45. The number of para-hydroxylation sites is 1. The van der Waals surface area contributed by atoms with Crippen LogP contribution in [0.1, 0.15) is 40.0 Å². The van der Waals surface area contributed by atoms with Gasteiger partial charge in [-0.2, -0.15) is 0 Å². The summed E-state index contributed by atoms with van der Waals surface area (Å²) < 4.78 is 20.9.